The zero-order valence-corrected chi connectivity index (χ0v) is 15.4. The lowest BCUT2D eigenvalue weighted by atomic mass is 10.1. The molecular formula is C18H17ClFN3O2S. The number of piperazine rings is 1. The van der Waals surface area contributed by atoms with Crippen LogP contribution in [-0.2, 0) is 10.0 Å². The van der Waals surface area contributed by atoms with Crippen molar-refractivity contribution in [1.29, 1.82) is 0 Å². The molecule has 4 rings (SSSR count). The van der Waals surface area contributed by atoms with Gasteiger partial charge in [0.15, 0.2) is 0 Å². The number of nitrogens with zero attached hydrogens (tertiary/aromatic N) is 1. The van der Waals surface area contributed by atoms with Crippen molar-refractivity contribution in [1.82, 2.24) is 14.6 Å². The Morgan fingerprint density at radius 2 is 1.85 bits per heavy atom. The predicted molar refractivity (Wildman–Crippen MR) is 100 cm³/mol. The molecule has 0 aliphatic carbocycles. The molecule has 1 aliphatic heterocycles. The van der Waals surface area contributed by atoms with Gasteiger partial charge in [0.1, 0.15) is 10.7 Å². The molecule has 0 saturated carbocycles. The fourth-order valence-electron chi connectivity index (χ4n) is 3.24. The molecule has 0 atom stereocenters. The first-order valence-corrected chi connectivity index (χ1v) is 10.1. The summed E-state index contributed by atoms with van der Waals surface area (Å²) in [6.07, 6.45) is 1.76. The van der Waals surface area contributed by atoms with Crippen LogP contribution in [0, 0.1) is 5.82 Å². The lowest BCUT2D eigenvalue weighted by Crippen LogP contribution is -2.46. The third-order valence-corrected chi connectivity index (χ3v) is 6.96. The maximum atomic E-state index is 13.4. The lowest BCUT2D eigenvalue weighted by molar-refractivity contribution is 0.360. The van der Waals surface area contributed by atoms with Crippen LogP contribution in [0.2, 0.25) is 5.02 Å². The Balaban J connectivity index is 1.73. The van der Waals surface area contributed by atoms with Crippen molar-refractivity contribution in [2.24, 2.45) is 0 Å². The summed E-state index contributed by atoms with van der Waals surface area (Å²) in [4.78, 5) is 3.13. The van der Waals surface area contributed by atoms with Gasteiger partial charge >= 0.3 is 0 Å². The van der Waals surface area contributed by atoms with E-state index in [2.05, 4.69) is 10.3 Å². The lowest BCUT2D eigenvalue weighted by Gasteiger charge is -2.27. The Kier molecular flexibility index (Phi) is 4.48. The Bertz CT molecular complexity index is 1080. The smallest absolute Gasteiger partial charge is 0.244 e. The summed E-state index contributed by atoms with van der Waals surface area (Å²) in [7, 11) is -3.62. The number of hydrogen-bond acceptors (Lipinski definition) is 3. The first-order chi connectivity index (χ1) is 12.5. The van der Waals surface area contributed by atoms with Crippen molar-refractivity contribution in [2.75, 3.05) is 26.2 Å². The van der Waals surface area contributed by atoms with Crippen LogP contribution in [0.1, 0.15) is 0 Å². The van der Waals surface area contributed by atoms with Crippen molar-refractivity contribution >= 4 is 32.5 Å². The van der Waals surface area contributed by atoms with E-state index < -0.39 is 10.0 Å². The number of benzene rings is 2. The van der Waals surface area contributed by atoms with Crippen molar-refractivity contribution in [3.8, 4) is 11.1 Å². The second-order valence-corrected chi connectivity index (χ2v) is 8.51. The topological polar surface area (TPSA) is 65.2 Å². The minimum Gasteiger partial charge on any atom is -0.360 e. The molecule has 2 aromatic carbocycles. The largest absolute Gasteiger partial charge is 0.360 e. The average molecular weight is 394 g/mol. The highest BCUT2D eigenvalue weighted by Crippen LogP contribution is 2.34. The molecule has 136 valence electrons. The molecule has 2 N–H and O–H groups in total. The highest BCUT2D eigenvalue weighted by atomic mass is 35.5. The zero-order chi connectivity index (χ0) is 18.3. The van der Waals surface area contributed by atoms with Gasteiger partial charge in [-0.1, -0.05) is 17.7 Å². The van der Waals surface area contributed by atoms with Gasteiger partial charge in [-0.15, -0.1) is 0 Å². The molecule has 0 spiro atoms. The van der Waals surface area contributed by atoms with Crippen molar-refractivity contribution in [2.45, 2.75) is 4.90 Å². The van der Waals surface area contributed by atoms with Crippen molar-refractivity contribution < 1.29 is 12.8 Å². The van der Waals surface area contributed by atoms with Gasteiger partial charge in [-0.25, -0.2) is 12.8 Å². The molecule has 5 nitrogen and oxygen atoms in total. The number of rotatable bonds is 3. The maximum absolute atomic E-state index is 13.4. The van der Waals surface area contributed by atoms with E-state index >= 15 is 0 Å². The van der Waals surface area contributed by atoms with Gasteiger partial charge in [-0.3, -0.25) is 0 Å². The first kappa shape index (κ1) is 17.5. The Morgan fingerprint density at radius 1 is 1.08 bits per heavy atom. The summed E-state index contributed by atoms with van der Waals surface area (Å²) in [5, 5.41) is 4.16. The standard InChI is InChI=1S/C18H17ClFN3O2S/c19-16-9-12(15-11-22-17-10-13(20)2-3-14(15)17)1-4-18(16)26(24,25)23-7-5-21-6-8-23/h1-4,9-11,21-22H,5-8H2. The van der Waals surface area contributed by atoms with Gasteiger partial charge < -0.3 is 10.3 Å². The Labute approximate surface area is 155 Å². The molecule has 8 heteroatoms. The van der Waals surface area contributed by atoms with Crippen LogP contribution in [0.5, 0.6) is 0 Å². The quantitative estimate of drug-likeness (QED) is 0.718. The van der Waals surface area contributed by atoms with Crippen LogP contribution in [0.15, 0.2) is 47.5 Å². The molecule has 0 amide bonds. The summed E-state index contributed by atoms with van der Waals surface area (Å²) in [6.45, 7) is 2.10. The predicted octanol–water partition coefficient (Wildman–Crippen LogP) is 3.22. The number of fused-ring (bicyclic) bond motifs is 1. The number of hydrogen-bond donors (Lipinski definition) is 2. The van der Waals surface area contributed by atoms with Gasteiger partial charge in [0.25, 0.3) is 0 Å². The minimum atomic E-state index is -3.62. The van der Waals surface area contributed by atoms with Crippen LogP contribution in [0.25, 0.3) is 22.0 Å². The maximum Gasteiger partial charge on any atom is 0.244 e. The zero-order valence-electron chi connectivity index (χ0n) is 13.8. The molecule has 0 unspecified atom stereocenters. The van der Waals surface area contributed by atoms with E-state index in [1.165, 1.54) is 22.5 Å². The molecule has 26 heavy (non-hydrogen) atoms. The summed E-state index contributed by atoms with van der Waals surface area (Å²) < 4.78 is 40.4. The number of H-pyrrole nitrogens is 1. The second kappa shape index (κ2) is 6.66. The summed E-state index contributed by atoms with van der Waals surface area (Å²) >= 11 is 6.33. The minimum absolute atomic E-state index is 0.107. The van der Waals surface area contributed by atoms with Crippen LogP contribution in [0.4, 0.5) is 4.39 Å². The number of aromatic amines is 1. The summed E-state index contributed by atoms with van der Waals surface area (Å²) in [5.74, 6) is -0.318. The fraction of sp³-hybridized carbons (Fsp3) is 0.222. The molecule has 1 saturated heterocycles. The number of nitrogens with one attached hydrogen (secondary N) is 2. The highest BCUT2D eigenvalue weighted by molar-refractivity contribution is 7.89. The molecule has 0 radical (unpaired) electrons. The molecule has 3 aromatic rings. The van der Waals surface area contributed by atoms with Crippen LogP contribution >= 0.6 is 11.6 Å². The van der Waals surface area contributed by atoms with E-state index in [-0.39, 0.29) is 15.7 Å². The molecule has 1 fully saturated rings. The number of sulfonamides is 1. The molecule has 1 aliphatic rings. The van der Waals surface area contributed by atoms with E-state index in [0.717, 1.165) is 16.5 Å². The number of halogens is 2. The van der Waals surface area contributed by atoms with Crippen molar-refractivity contribution in [3.05, 3.63) is 53.4 Å². The normalized spacial score (nSPS) is 16.2. The first-order valence-electron chi connectivity index (χ1n) is 8.24. The monoisotopic (exact) mass is 393 g/mol. The molecule has 0 bridgehead atoms. The van der Waals surface area contributed by atoms with Gasteiger partial charge in [0.05, 0.1) is 5.02 Å². The Morgan fingerprint density at radius 3 is 2.58 bits per heavy atom. The average Bonchev–Trinajstić information content (AvgIpc) is 3.05. The van der Waals surface area contributed by atoms with E-state index in [0.29, 0.717) is 31.7 Å². The SMILES string of the molecule is O=S(=O)(c1ccc(-c2c[nH]c3cc(F)ccc23)cc1Cl)N1CCNCC1. The van der Waals surface area contributed by atoms with Crippen LogP contribution in [-0.4, -0.2) is 43.9 Å². The van der Waals surface area contributed by atoms with Gasteiger partial charge in [-0.05, 0) is 35.9 Å². The third-order valence-electron chi connectivity index (χ3n) is 4.58. The van der Waals surface area contributed by atoms with Crippen LogP contribution < -0.4 is 5.32 Å². The summed E-state index contributed by atoms with van der Waals surface area (Å²) in [5.41, 5.74) is 2.29. The highest BCUT2D eigenvalue weighted by Gasteiger charge is 2.28. The van der Waals surface area contributed by atoms with E-state index in [1.807, 2.05) is 0 Å². The number of aromatic nitrogens is 1. The van der Waals surface area contributed by atoms with Crippen LogP contribution in [0.3, 0.4) is 0 Å². The van der Waals surface area contributed by atoms with Crippen molar-refractivity contribution in [3.63, 3.8) is 0 Å². The molecule has 1 aromatic heterocycles. The van der Waals surface area contributed by atoms with E-state index in [1.54, 1.807) is 24.4 Å². The van der Waals surface area contributed by atoms with E-state index in [9.17, 15) is 12.8 Å². The van der Waals surface area contributed by atoms with Gasteiger partial charge in [0, 0.05) is 48.8 Å². The molecular weight excluding hydrogens is 377 g/mol. The van der Waals surface area contributed by atoms with E-state index in [4.69, 9.17) is 11.6 Å². The third kappa shape index (κ3) is 3.01. The van der Waals surface area contributed by atoms with Gasteiger partial charge in [-0.2, -0.15) is 4.31 Å². The fourth-order valence-corrected chi connectivity index (χ4v) is 5.20. The van der Waals surface area contributed by atoms with Gasteiger partial charge in [0.2, 0.25) is 10.0 Å². The summed E-state index contributed by atoms with van der Waals surface area (Å²) in [6, 6.07) is 9.41. The second-order valence-electron chi connectivity index (χ2n) is 6.19. The molecule has 2 heterocycles. The Hall–Kier alpha value is -1.93.